The average Bonchev–Trinajstić information content (AvgIpc) is 2.59. The van der Waals surface area contributed by atoms with Gasteiger partial charge in [0.15, 0.2) is 0 Å². The molecule has 1 fully saturated rings. The molecule has 2 N–H and O–H groups in total. The van der Waals surface area contributed by atoms with Gasteiger partial charge >= 0.3 is 0 Å². The van der Waals surface area contributed by atoms with Gasteiger partial charge in [-0.15, -0.1) is 0 Å². The second kappa shape index (κ2) is 7.64. The van der Waals surface area contributed by atoms with Gasteiger partial charge in [-0.2, -0.15) is 0 Å². The number of rotatable bonds is 4. The number of aryl methyl sites for hydroxylation is 3. The minimum absolute atomic E-state index is 0.00748. The van der Waals surface area contributed by atoms with Crippen LogP contribution in [0.2, 0.25) is 0 Å². The Kier molecular flexibility index (Phi) is 5.31. The van der Waals surface area contributed by atoms with Crippen LogP contribution in [0.1, 0.15) is 52.9 Å². The van der Waals surface area contributed by atoms with Crippen molar-refractivity contribution in [3.8, 4) is 0 Å². The van der Waals surface area contributed by atoms with E-state index in [0.717, 1.165) is 48.1 Å². The molecule has 25 heavy (non-hydrogen) atoms. The van der Waals surface area contributed by atoms with Crippen molar-refractivity contribution in [2.45, 2.75) is 58.5 Å². The Hall–Kier alpha value is -2.43. The van der Waals surface area contributed by atoms with Crippen molar-refractivity contribution in [3.05, 3.63) is 52.8 Å². The molecular formula is C20H26N4O. The van der Waals surface area contributed by atoms with Crippen LogP contribution in [0.25, 0.3) is 0 Å². The lowest BCUT2D eigenvalue weighted by Crippen LogP contribution is -2.42. The van der Waals surface area contributed by atoms with Crippen molar-refractivity contribution in [1.29, 1.82) is 0 Å². The molecule has 1 aromatic carbocycles. The van der Waals surface area contributed by atoms with Crippen molar-refractivity contribution in [3.63, 3.8) is 0 Å². The smallest absolute Gasteiger partial charge is 0.251 e. The minimum Gasteiger partial charge on any atom is -0.351 e. The lowest BCUT2D eigenvalue weighted by Gasteiger charge is -2.30. The van der Waals surface area contributed by atoms with Crippen molar-refractivity contribution in [2.75, 3.05) is 5.32 Å². The summed E-state index contributed by atoms with van der Waals surface area (Å²) >= 11 is 0. The molecule has 1 amide bonds. The second-order valence-electron chi connectivity index (χ2n) is 7.01. The molecular weight excluding hydrogens is 312 g/mol. The highest BCUT2D eigenvalue weighted by molar-refractivity contribution is 5.94. The van der Waals surface area contributed by atoms with Crippen LogP contribution in [0.4, 0.5) is 5.95 Å². The van der Waals surface area contributed by atoms with Crippen molar-refractivity contribution in [2.24, 2.45) is 0 Å². The van der Waals surface area contributed by atoms with Gasteiger partial charge in [-0.05, 0) is 64.2 Å². The van der Waals surface area contributed by atoms with E-state index in [1.54, 1.807) is 0 Å². The first kappa shape index (κ1) is 17.4. The van der Waals surface area contributed by atoms with Crippen LogP contribution in [0, 0.1) is 20.8 Å². The van der Waals surface area contributed by atoms with Crippen molar-refractivity contribution < 1.29 is 4.79 Å². The third kappa shape index (κ3) is 4.56. The molecule has 0 bridgehead atoms. The van der Waals surface area contributed by atoms with Crippen molar-refractivity contribution >= 4 is 11.9 Å². The van der Waals surface area contributed by atoms with Gasteiger partial charge in [-0.3, -0.25) is 4.79 Å². The maximum Gasteiger partial charge on any atom is 0.251 e. The van der Waals surface area contributed by atoms with E-state index in [9.17, 15) is 4.79 Å². The Morgan fingerprint density at radius 3 is 2.52 bits per heavy atom. The number of amides is 1. The molecule has 0 saturated heterocycles. The Labute approximate surface area is 149 Å². The first-order valence-corrected chi connectivity index (χ1v) is 8.95. The lowest BCUT2D eigenvalue weighted by molar-refractivity contribution is 0.0926. The number of benzene rings is 1. The molecule has 132 valence electrons. The van der Waals surface area contributed by atoms with Gasteiger partial charge in [0.2, 0.25) is 5.95 Å². The fourth-order valence-electron chi connectivity index (χ4n) is 3.21. The summed E-state index contributed by atoms with van der Waals surface area (Å²) in [4.78, 5) is 21.3. The number of anilines is 1. The Bertz CT molecular complexity index is 742. The summed E-state index contributed by atoms with van der Waals surface area (Å²) in [5.41, 5.74) is 3.97. The second-order valence-corrected chi connectivity index (χ2v) is 7.01. The number of carbonyl (C=O) groups is 1. The molecule has 2 unspecified atom stereocenters. The summed E-state index contributed by atoms with van der Waals surface area (Å²) in [5.74, 6) is 0.687. The summed E-state index contributed by atoms with van der Waals surface area (Å²) in [6.07, 6.45) is 5.93. The summed E-state index contributed by atoms with van der Waals surface area (Å²) in [7, 11) is 0. The predicted molar refractivity (Wildman–Crippen MR) is 99.8 cm³/mol. The van der Waals surface area contributed by atoms with Crippen LogP contribution >= 0.6 is 0 Å². The highest BCUT2D eigenvalue weighted by atomic mass is 16.1. The molecule has 5 nitrogen and oxygen atoms in total. The van der Waals surface area contributed by atoms with E-state index in [0.29, 0.717) is 12.0 Å². The van der Waals surface area contributed by atoms with Gasteiger partial charge in [0.1, 0.15) is 0 Å². The summed E-state index contributed by atoms with van der Waals surface area (Å²) in [6, 6.07) is 8.18. The number of nitrogens with one attached hydrogen (secondary N) is 2. The predicted octanol–water partition coefficient (Wildman–Crippen LogP) is 3.55. The monoisotopic (exact) mass is 338 g/mol. The third-order valence-corrected chi connectivity index (χ3v) is 4.88. The molecule has 2 atom stereocenters. The third-order valence-electron chi connectivity index (χ3n) is 4.88. The van der Waals surface area contributed by atoms with Gasteiger partial charge < -0.3 is 10.6 Å². The van der Waals surface area contributed by atoms with E-state index < -0.39 is 0 Å². The number of carbonyl (C=O) groups excluding carboxylic acids is 1. The highest BCUT2D eigenvalue weighted by Crippen LogP contribution is 2.22. The first-order valence-electron chi connectivity index (χ1n) is 8.95. The zero-order chi connectivity index (χ0) is 17.8. The molecule has 1 aliphatic rings. The zero-order valence-electron chi connectivity index (χ0n) is 15.2. The molecule has 0 spiro atoms. The maximum absolute atomic E-state index is 12.4. The van der Waals surface area contributed by atoms with Crippen LogP contribution in [0.15, 0.2) is 30.5 Å². The van der Waals surface area contributed by atoms with Gasteiger partial charge in [0.05, 0.1) is 0 Å². The quantitative estimate of drug-likeness (QED) is 0.894. The Balaban J connectivity index is 1.58. The number of hydrogen-bond donors (Lipinski definition) is 2. The van der Waals surface area contributed by atoms with Crippen LogP contribution in [0.3, 0.4) is 0 Å². The minimum atomic E-state index is 0.00748. The lowest BCUT2D eigenvalue weighted by atomic mass is 9.91. The zero-order valence-corrected chi connectivity index (χ0v) is 15.2. The van der Waals surface area contributed by atoms with Crippen molar-refractivity contribution in [1.82, 2.24) is 15.3 Å². The summed E-state index contributed by atoms with van der Waals surface area (Å²) in [5, 5.41) is 6.60. The molecule has 1 saturated carbocycles. The van der Waals surface area contributed by atoms with E-state index >= 15 is 0 Å². The fourth-order valence-corrected chi connectivity index (χ4v) is 3.21. The van der Waals surface area contributed by atoms with Gasteiger partial charge in [0.25, 0.3) is 5.91 Å². The standard InChI is InChI=1S/C20H26N4O/c1-13-7-9-16(10-8-13)19(25)23-17-5-4-6-18(11-17)24-20-21-12-14(2)15(3)22-20/h7-10,12,17-18H,4-6,11H2,1-3H3,(H,23,25)(H,21,22,24). The van der Waals surface area contributed by atoms with Crippen LogP contribution in [0.5, 0.6) is 0 Å². The molecule has 1 aromatic heterocycles. The molecule has 1 aliphatic carbocycles. The van der Waals surface area contributed by atoms with Crippen LogP contribution < -0.4 is 10.6 Å². The molecule has 2 aromatic rings. The normalized spacial score (nSPS) is 20.1. The van der Waals surface area contributed by atoms with E-state index in [2.05, 4.69) is 20.6 Å². The van der Waals surface area contributed by atoms with E-state index in [1.807, 2.05) is 51.2 Å². The van der Waals surface area contributed by atoms with Gasteiger partial charge in [-0.25, -0.2) is 9.97 Å². The number of hydrogen-bond acceptors (Lipinski definition) is 4. The highest BCUT2D eigenvalue weighted by Gasteiger charge is 2.24. The number of aromatic nitrogens is 2. The SMILES string of the molecule is Cc1ccc(C(=O)NC2CCCC(Nc3ncc(C)c(C)n3)C2)cc1. The Morgan fingerprint density at radius 1 is 1.08 bits per heavy atom. The van der Waals surface area contributed by atoms with Gasteiger partial charge in [-0.1, -0.05) is 17.7 Å². The van der Waals surface area contributed by atoms with E-state index in [1.165, 1.54) is 0 Å². The summed E-state index contributed by atoms with van der Waals surface area (Å²) in [6.45, 7) is 6.03. The number of nitrogens with zero attached hydrogens (tertiary/aromatic N) is 2. The van der Waals surface area contributed by atoms with Gasteiger partial charge in [0, 0.05) is 29.5 Å². The molecule has 0 radical (unpaired) electrons. The topological polar surface area (TPSA) is 66.9 Å². The largest absolute Gasteiger partial charge is 0.351 e. The van der Waals surface area contributed by atoms with Crippen LogP contribution in [-0.2, 0) is 0 Å². The first-order chi connectivity index (χ1) is 12.0. The average molecular weight is 338 g/mol. The Morgan fingerprint density at radius 2 is 1.80 bits per heavy atom. The summed E-state index contributed by atoms with van der Waals surface area (Å²) < 4.78 is 0. The van der Waals surface area contributed by atoms with Crippen LogP contribution in [-0.4, -0.2) is 28.0 Å². The molecule has 5 heteroatoms. The molecule has 1 heterocycles. The fraction of sp³-hybridized carbons (Fsp3) is 0.450. The molecule has 3 rings (SSSR count). The molecule has 0 aliphatic heterocycles. The maximum atomic E-state index is 12.4. The van der Waals surface area contributed by atoms with E-state index in [4.69, 9.17) is 0 Å². The van der Waals surface area contributed by atoms with E-state index in [-0.39, 0.29) is 11.9 Å².